The lowest BCUT2D eigenvalue weighted by Crippen LogP contribution is -2.47. The summed E-state index contributed by atoms with van der Waals surface area (Å²) in [5.74, 6) is 0.874. The van der Waals surface area contributed by atoms with Crippen LogP contribution in [0.15, 0.2) is 18.5 Å². The summed E-state index contributed by atoms with van der Waals surface area (Å²) < 4.78 is 1.86. The molecule has 1 aliphatic carbocycles. The van der Waals surface area contributed by atoms with Gasteiger partial charge in [-0.3, -0.25) is 0 Å². The molecule has 2 aromatic rings. The van der Waals surface area contributed by atoms with E-state index in [0.29, 0.717) is 0 Å². The van der Waals surface area contributed by atoms with Crippen molar-refractivity contribution in [3.05, 3.63) is 24.2 Å². The number of aryl methyl sites for hydroxylation is 1. The van der Waals surface area contributed by atoms with Gasteiger partial charge in [-0.05, 0) is 25.8 Å². The Morgan fingerprint density at radius 3 is 2.95 bits per heavy atom. The van der Waals surface area contributed by atoms with Crippen LogP contribution < -0.4 is 11.1 Å². The first-order chi connectivity index (χ1) is 9.16. The minimum atomic E-state index is -0.0815. The van der Waals surface area contributed by atoms with Crippen molar-refractivity contribution in [3.63, 3.8) is 0 Å². The van der Waals surface area contributed by atoms with Gasteiger partial charge in [0.1, 0.15) is 5.52 Å². The lowest BCUT2D eigenvalue weighted by Gasteiger charge is -2.33. The van der Waals surface area contributed by atoms with Crippen LogP contribution in [0.5, 0.6) is 0 Å². The molecule has 0 amide bonds. The molecule has 3 rings (SSSR count). The Morgan fingerprint density at radius 1 is 1.37 bits per heavy atom. The van der Waals surface area contributed by atoms with Crippen LogP contribution in [0.3, 0.4) is 0 Å². The van der Waals surface area contributed by atoms with Crippen LogP contribution in [-0.4, -0.2) is 26.7 Å². The van der Waals surface area contributed by atoms with Gasteiger partial charge in [-0.1, -0.05) is 19.3 Å². The van der Waals surface area contributed by atoms with Gasteiger partial charge in [0.2, 0.25) is 0 Å². The summed E-state index contributed by atoms with van der Waals surface area (Å²) in [4.78, 5) is 4.41. The van der Waals surface area contributed by atoms with E-state index < -0.39 is 0 Å². The molecule has 0 aromatic carbocycles. The molecule has 0 bridgehead atoms. The van der Waals surface area contributed by atoms with Crippen molar-refractivity contribution in [2.24, 2.45) is 5.73 Å². The Morgan fingerprint density at radius 2 is 2.16 bits per heavy atom. The second kappa shape index (κ2) is 4.81. The predicted molar refractivity (Wildman–Crippen MR) is 76.2 cm³/mol. The van der Waals surface area contributed by atoms with E-state index >= 15 is 0 Å². The highest BCUT2D eigenvalue weighted by Crippen LogP contribution is 2.26. The monoisotopic (exact) mass is 259 g/mol. The van der Waals surface area contributed by atoms with E-state index in [9.17, 15) is 0 Å². The molecule has 2 aromatic heterocycles. The van der Waals surface area contributed by atoms with E-state index in [0.717, 1.165) is 36.4 Å². The van der Waals surface area contributed by atoms with Gasteiger partial charge in [-0.2, -0.15) is 5.10 Å². The normalized spacial score (nSPS) is 18.6. The zero-order valence-corrected chi connectivity index (χ0v) is 11.4. The molecule has 0 saturated heterocycles. The highest BCUT2D eigenvalue weighted by Gasteiger charge is 2.27. The van der Waals surface area contributed by atoms with E-state index in [1.54, 1.807) is 6.20 Å². The Hall–Kier alpha value is -1.62. The van der Waals surface area contributed by atoms with E-state index in [1.165, 1.54) is 19.3 Å². The van der Waals surface area contributed by atoms with Gasteiger partial charge in [0.15, 0.2) is 5.82 Å². The fourth-order valence-corrected chi connectivity index (χ4v) is 2.87. The van der Waals surface area contributed by atoms with Crippen LogP contribution in [0.4, 0.5) is 5.82 Å². The second-order valence-electron chi connectivity index (χ2n) is 5.67. The smallest absolute Gasteiger partial charge is 0.152 e. The third-order valence-electron chi connectivity index (χ3n) is 3.97. The summed E-state index contributed by atoms with van der Waals surface area (Å²) in [5, 5.41) is 7.81. The van der Waals surface area contributed by atoms with Gasteiger partial charge in [-0.15, -0.1) is 0 Å². The largest absolute Gasteiger partial charge is 0.366 e. The van der Waals surface area contributed by atoms with Crippen LogP contribution in [-0.2, 0) is 0 Å². The molecule has 1 fully saturated rings. The molecule has 3 N–H and O–H groups in total. The molecular formula is C14H21N5. The molecule has 0 unspecified atom stereocenters. The summed E-state index contributed by atoms with van der Waals surface area (Å²) >= 11 is 0. The number of hydrogen-bond acceptors (Lipinski definition) is 4. The molecular weight excluding hydrogens is 238 g/mol. The first kappa shape index (κ1) is 12.4. The lowest BCUT2D eigenvalue weighted by molar-refractivity contribution is 0.311. The second-order valence-corrected chi connectivity index (χ2v) is 5.67. The first-order valence-corrected chi connectivity index (χ1v) is 7.00. The quantitative estimate of drug-likeness (QED) is 0.886. The summed E-state index contributed by atoms with van der Waals surface area (Å²) in [7, 11) is 0. The molecule has 5 heteroatoms. The van der Waals surface area contributed by atoms with Crippen LogP contribution in [0.1, 0.15) is 37.8 Å². The maximum absolute atomic E-state index is 6.44. The fourth-order valence-electron chi connectivity index (χ4n) is 2.87. The maximum atomic E-state index is 6.44. The van der Waals surface area contributed by atoms with Gasteiger partial charge in [-0.25, -0.2) is 9.50 Å². The number of nitrogens with one attached hydrogen (secondary N) is 1. The fraction of sp³-hybridized carbons (Fsp3) is 0.571. The summed E-state index contributed by atoms with van der Waals surface area (Å²) in [6, 6.07) is 2.04. The third-order valence-corrected chi connectivity index (χ3v) is 3.97. The molecule has 0 spiro atoms. The first-order valence-electron chi connectivity index (χ1n) is 7.00. The molecule has 0 radical (unpaired) electrons. The van der Waals surface area contributed by atoms with Crippen LogP contribution in [0.2, 0.25) is 0 Å². The lowest BCUT2D eigenvalue weighted by atomic mass is 9.82. The number of anilines is 1. The predicted octanol–water partition coefficient (Wildman–Crippen LogP) is 2.11. The highest BCUT2D eigenvalue weighted by atomic mass is 15.2. The van der Waals surface area contributed by atoms with Crippen molar-refractivity contribution in [1.82, 2.24) is 14.6 Å². The molecule has 1 saturated carbocycles. The van der Waals surface area contributed by atoms with Crippen LogP contribution in [0.25, 0.3) is 5.52 Å². The van der Waals surface area contributed by atoms with Gasteiger partial charge in [0, 0.05) is 24.5 Å². The minimum absolute atomic E-state index is 0.0815. The van der Waals surface area contributed by atoms with E-state index in [2.05, 4.69) is 15.4 Å². The summed E-state index contributed by atoms with van der Waals surface area (Å²) in [6.45, 7) is 2.77. The van der Waals surface area contributed by atoms with Crippen molar-refractivity contribution in [1.29, 1.82) is 0 Å². The average molecular weight is 259 g/mol. The SMILES string of the molecule is Cc1cc2c(NCC3(N)CCCCC3)nccn2n1. The topological polar surface area (TPSA) is 68.2 Å². The third kappa shape index (κ3) is 2.56. The molecule has 0 atom stereocenters. The molecule has 19 heavy (non-hydrogen) atoms. The van der Waals surface area contributed by atoms with E-state index in [1.807, 2.05) is 23.7 Å². The zero-order chi connectivity index (χ0) is 13.3. The molecule has 102 valence electrons. The number of aromatic nitrogens is 3. The summed E-state index contributed by atoms with van der Waals surface area (Å²) in [5.41, 5.74) is 8.37. The zero-order valence-electron chi connectivity index (χ0n) is 11.4. The summed E-state index contributed by atoms with van der Waals surface area (Å²) in [6.07, 6.45) is 9.62. The van der Waals surface area contributed by atoms with Crippen molar-refractivity contribution < 1.29 is 0 Å². The van der Waals surface area contributed by atoms with Gasteiger partial charge in [0.25, 0.3) is 0 Å². The van der Waals surface area contributed by atoms with Crippen molar-refractivity contribution in [2.75, 3.05) is 11.9 Å². The number of rotatable bonds is 3. The number of fused-ring (bicyclic) bond motifs is 1. The minimum Gasteiger partial charge on any atom is -0.366 e. The Balaban J connectivity index is 1.78. The highest BCUT2D eigenvalue weighted by molar-refractivity contribution is 5.67. The molecule has 1 aliphatic rings. The van der Waals surface area contributed by atoms with E-state index in [-0.39, 0.29) is 5.54 Å². The van der Waals surface area contributed by atoms with E-state index in [4.69, 9.17) is 5.73 Å². The Bertz CT molecular complexity index is 568. The Labute approximate surface area is 113 Å². The van der Waals surface area contributed by atoms with Gasteiger partial charge >= 0.3 is 0 Å². The average Bonchev–Trinajstić information content (AvgIpc) is 2.78. The standard InChI is InChI=1S/C14H21N5/c1-11-9-12-13(16-7-8-19(12)18-11)17-10-14(15)5-3-2-4-6-14/h7-9H,2-6,10,15H2,1H3,(H,16,17). The molecule has 2 heterocycles. The van der Waals surface area contributed by atoms with Crippen molar-refractivity contribution in [2.45, 2.75) is 44.6 Å². The number of hydrogen-bond donors (Lipinski definition) is 2. The molecule has 5 nitrogen and oxygen atoms in total. The maximum Gasteiger partial charge on any atom is 0.152 e. The van der Waals surface area contributed by atoms with Crippen LogP contribution in [0, 0.1) is 6.92 Å². The van der Waals surface area contributed by atoms with Crippen LogP contribution >= 0.6 is 0 Å². The van der Waals surface area contributed by atoms with Gasteiger partial charge in [0.05, 0.1) is 5.69 Å². The Kier molecular flexibility index (Phi) is 3.14. The molecule has 0 aliphatic heterocycles. The number of nitrogens with two attached hydrogens (primary N) is 1. The van der Waals surface area contributed by atoms with Crippen molar-refractivity contribution >= 4 is 11.3 Å². The number of nitrogens with zero attached hydrogens (tertiary/aromatic N) is 3. The van der Waals surface area contributed by atoms with Crippen molar-refractivity contribution in [3.8, 4) is 0 Å². The van der Waals surface area contributed by atoms with Gasteiger partial charge < -0.3 is 11.1 Å².